The van der Waals surface area contributed by atoms with Crippen molar-refractivity contribution in [1.82, 2.24) is 0 Å². The molecule has 0 heterocycles. The molecule has 4 nitrogen and oxygen atoms in total. The van der Waals surface area contributed by atoms with E-state index in [1.807, 2.05) is 0 Å². The number of halogens is 2. The Labute approximate surface area is 125 Å². The molecular formula is C16H10F2N2O2. The van der Waals surface area contributed by atoms with Crippen LogP contribution in [0.3, 0.4) is 0 Å². The van der Waals surface area contributed by atoms with E-state index in [9.17, 15) is 13.6 Å². The smallest absolute Gasteiger partial charge is 0.150 e. The van der Waals surface area contributed by atoms with E-state index in [1.165, 1.54) is 24.3 Å². The third kappa shape index (κ3) is 4.48. The largest absolute Gasteiger partial charge is 0.392 e. The van der Waals surface area contributed by atoms with Crippen molar-refractivity contribution in [2.24, 2.45) is 0 Å². The van der Waals surface area contributed by atoms with Gasteiger partial charge in [-0.25, -0.2) is 8.78 Å². The van der Waals surface area contributed by atoms with Crippen molar-refractivity contribution >= 4 is 6.29 Å². The first-order valence-electron chi connectivity index (χ1n) is 6.00. The van der Waals surface area contributed by atoms with Crippen molar-refractivity contribution in [1.29, 1.82) is 10.5 Å². The van der Waals surface area contributed by atoms with Gasteiger partial charge in [-0.2, -0.15) is 10.5 Å². The van der Waals surface area contributed by atoms with Crippen LogP contribution in [0.2, 0.25) is 0 Å². The van der Waals surface area contributed by atoms with Gasteiger partial charge in [-0.3, -0.25) is 4.79 Å². The lowest BCUT2D eigenvalue weighted by Gasteiger charge is -1.96. The lowest BCUT2D eigenvalue weighted by atomic mass is 10.1. The van der Waals surface area contributed by atoms with Crippen molar-refractivity contribution in [3.8, 4) is 12.1 Å². The Hall–Kier alpha value is -3.09. The molecule has 6 heteroatoms. The zero-order valence-electron chi connectivity index (χ0n) is 11.3. The number of aliphatic hydroxyl groups is 1. The Morgan fingerprint density at radius 2 is 1.55 bits per heavy atom. The number of carbonyl (C=O) groups excluding carboxylic acids is 1. The van der Waals surface area contributed by atoms with Crippen LogP contribution in [0.25, 0.3) is 0 Å². The minimum absolute atomic E-state index is 0.00204. The molecule has 0 bridgehead atoms. The van der Waals surface area contributed by atoms with Crippen molar-refractivity contribution in [3.63, 3.8) is 0 Å². The normalized spacial score (nSPS) is 8.95. The number of hydrogen-bond acceptors (Lipinski definition) is 4. The van der Waals surface area contributed by atoms with Crippen LogP contribution in [-0.4, -0.2) is 11.4 Å². The Balaban J connectivity index is 0.000000220. The fourth-order valence-corrected chi connectivity index (χ4v) is 1.44. The van der Waals surface area contributed by atoms with E-state index in [4.69, 9.17) is 15.6 Å². The highest BCUT2D eigenvalue weighted by Crippen LogP contribution is 2.09. The zero-order chi connectivity index (χ0) is 16.5. The maximum atomic E-state index is 12.7. The van der Waals surface area contributed by atoms with E-state index >= 15 is 0 Å². The third-order valence-electron chi connectivity index (χ3n) is 2.59. The van der Waals surface area contributed by atoms with Gasteiger partial charge >= 0.3 is 0 Å². The maximum Gasteiger partial charge on any atom is 0.150 e. The Morgan fingerprint density at radius 3 is 1.95 bits per heavy atom. The second kappa shape index (κ2) is 8.25. The summed E-state index contributed by atoms with van der Waals surface area (Å²) in [5.41, 5.74) is 0.667. The first-order chi connectivity index (χ1) is 10.5. The number of nitrogens with zero attached hydrogens (tertiary/aromatic N) is 2. The number of aliphatic hydroxyl groups excluding tert-OH is 1. The van der Waals surface area contributed by atoms with Crippen molar-refractivity contribution in [2.75, 3.05) is 0 Å². The molecule has 2 aromatic carbocycles. The average molecular weight is 300 g/mol. The quantitative estimate of drug-likeness (QED) is 0.864. The van der Waals surface area contributed by atoms with Crippen LogP contribution >= 0.6 is 0 Å². The molecule has 0 aliphatic carbocycles. The lowest BCUT2D eigenvalue weighted by molar-refractivity contribution is 0.112. The average Bonchev–Trinajstić information content (AvgIpc) is 2.55. The monoisotopic (exact) mass is 300 g/mol. The molecule has 2 aromatic rings. The Kier molecular flexibility index (Phi) is 6.36. The van der Waals surface area contributed by atoms with Gasteiger partial charge in [-0.15, -0.1) is 0 Å². The van der Waals surface area contributed by atoms with Gasteiger partial charge in [0.05, 0.1) is 17.7 Å². The first kappa shape index (κ1) is 17.0. The molecule has 2 rings (SSSR count). The molecule has 0 aromatic heterocycles. The Morgan fingerprint density at radius 1 is 1.00 bits per heavy atom. The Bertz CT molecular complexity index is 762. The standard InChI is InChI=1S/C8H6FNO.C8H4FNO/c2*9-8-3-6(5-11)1-2-7(8)4-10/h1-3,11H,5H2;1-3,5H. The summed E-state index contributed by atoms with van der Waals surface area (Å²) in [5, 5.41) is 25.2. The summed E-state index contributed by atoms with van der Waals surface area (Å²) in [6.07, 6.45) is 0.532. The van der Waals surface area contributed by atoms with Gasteiger partial charge in [0.1, 0.15) is 30.1 Å². The highest BCUT2D eigenvalue weighted by atomic mass is 19.1. The summed E-state index contributed by atoms with van der Waals surface area (Å²) >= 11 is 0. The topological polar surface area (TPSA) is 84.9 Å². The van der Waals surface area contributed by atoms with Gasteiger partial charge in [-0.05, 0) is 29.8 Å². The molecule has 0 spiro atoms. The van der Waals surface area contributed by atoms with Crippen LogP contribution in [0, 0.1) is 34.3 Å². The fraction of sp³-hybridized carbons (Fsp3) is 0.0625. The molecule has 0 amide bonds. The highest BCUT2D eigenvalue weighted by Gasteiger charge is 2.01. The molecule has 0 fully saturated rings. The van der Waals surface area contributed by atoms with Gasteiger partial charge < -0.3 is 5.11 Å². The van der Waals surface area contributed by atoms with E-state index in [2.05, 4.69) is 0 Å². The van der Waals surface area contributed by atoms with Crippen LogP contribution < -0.4 is 0 Å². The van der Waals surface area contributed by atoms with Crippen molar-refractivity contribution < 1.29 is 18.7 Å². The van der Waals surface area contributed by atoms with Gasteiger partial charge in [0.15, 0.2) is 0 Å². The van der Waals surface area contributed by atoms with Crippen molar-refractivity contribution in [2.45, 2.75) is 6.61 Å². The molecule has 110 valence electrons. The third-order valence-corrected chi connectivity index (χ3v) is 2.59. The van der Waals surface area contributed by atoms with Gasteiger partial charge in [-0.1, -0.05) is 12.1 Å². The molecule has 22 heavy (non-hydrogen) atoms. The number of aldehydes is 1. The van der Waals surface area contributed by atoms with Crippen LogP contribution in [0.15, 0.2) is 36.4 Å². The molecule has 0 radical (unpaired) electrons. The molecule has 0 unspecified atom stereocenters. The molecule has 0 saturated carbocycles. The summed E-state index contributed by atoms with van der Waals surface area (Å²) in [7, 11) is 0. The molecule has 0 aliphatic heterocycles. The zero-order valence-corrected chi connectivity index (χ0v) is 11.3. The second-order valence-corrected chi connectivity index (χ2v) is 4.05. The summed E-state index contributed by atoms with van der Waals surface area (Å²) in [5.74, 6) is -1.24. The SMILES string of the molecule is N#Cc1ccc(C=O)cc1F.N#Cc1ccc(CO)cc1F. The minimum Gasteiger partial charge on any atom is -0.392 e. The predicted molar refractivity (Wildman–Crippen MR) is 73.5 cm³/mol. The highest BCUT2D eigenvalue weighted by molar-refractivity contribution is 5.74. The molecule has 1 N–H and O–H groups in total. The van der Waals surface area contributed by atoms with Crippen LogP contribution in [0.4, 0.5) is 8.78 Å². The summed E-state index contributed by atoms with van der Waals surface area (Å²) in [6.45, 7) is -0.206. The molecule has 0 atom stereocenters. The van der Waals surface area contributed by atoms with Crippen LogP contribution in [-0.2, 0) is 6.61 Å². The number of benzene rings is 2. The van der Waals surface area contributed by atoms with E-state index < -0.39 is 11.6 Å². The minimum atomic E-state index is -0.655. The fourth-order valence-electron chi connectivity index (χ4n) is 1.44. The van der Waals surface area contributed by atoms with Crippen molar-refractivity contribution in [3.05, 3.63) is 70.3 Å². The summed E-state index contributed by atoms with van der Waals surface area (Å²) in [6, 6.07) is 11.1. The van der Waals surface area contributed by atoms with E-state index in [0.717, 1.165) is 12.1 Å². The number of rotatable bonds is 2. The molecule has 0 aliphatic rings. The van der Waals surface area contributed by atoms with E-state index in [-0.39, 0.29) is 23.3 Å². The maximum absolute atomic E-state index is 12.7. The van der Waals surface area contributed by atoms with Gasteiger partial charge in [0, 0.05) is 5.56 Å². The van der Waals surface area contributed by atoms with E-state index in [0.29, 0.717) is 11.8 Å². The van der Waals surface area contributed by atoms with E-state index in [1.54, 1.807) is 12.1 Å². The van der Waals surface area contributed by atoms with Gasteiger partial charge in [0.25, 0.3) is 0 Å². The molecule has 0 saturated heterocycles. The first-order valence-corrected chi connectivity index (χ1v) is 6.00. The van der Waals surface area contributed by atoms with Crippen LogP contribution in [0.1, 0.15) is 27.0 Å². The molecular weight excluding hydrogens is 290 g/mol. The summed E-state index contributed by atoms with van der Waals surface area (Å²) < 4.78 is 25.4. The second-order valence-electron chi connectivity index (χ2n) is 4.05. The lowest BCUT2D eigenvalue weighted by Crippen LogP contribution is -1.88. The summed E-state index contributed by atoms with van der Waals surface area (Å²) in [4.78, 5) is 10.1. The predicted octanol–water partition coefficient (Wildman–Crippen LogP) is 2.70. The van der Waals surface area contributed by atoms with Gasteiger partial charge in [0.2, 0.25) is 0 Å². The number of nitriles is 2. The number of hydrogen-bond donors (Lipinski definition) is 1. The van der Waals surface area contributed by atoms with Crippen LogP contribution in [0.5, 0.6) is 0 Å². The number of carbonyl (C=O) groups is 1.